The maximum Gasteiger partial charge on any atom is 0.324 e. The predicted molar refractivity (Wildman–Crippen MR) is 121 cm³/mol. The lowest BCUT2D eigenvalue weighted by molar-refractivity contribution is -0.121. The second-order valence-corrected chi connectivity index (χ2v) is 11.3. The van der Waals surface area contributed by atoms with Crippen LogP contribution in [0.1, 0.15) is 56.9 Å². The van der Waals surface area contributed by atoms with E-state index in [4.69, 9.17) is 16.3 Å². The maximum atomic E-state index is 12.7. The molecule has 1 aliphatic heterocycles. The number of carbonyl (C=O) groups is 2. The highest BCUT2D eigenvalue weighted by atomic mass is 35.5. The monoisotopic (exact) mass is 483 g/mol. The highest BCUT2D eigenvalue weighted by Crippen LogP contribution is 2.48. The summed E-state index contributed by atoms with van der Waals surface area (Å²) in [6.45, 7) is 1.59. The van der Waals surface area contributed by atoms with Crippen molar-refractivity contribution >= 4 is 33.6 Å². The van der Waals surface area contributed by atoms with Crippen molar-refractivity contribution in [3.8, 4) is 5.75 Å². The molecular formula is C22H30ClN3O5S. The van der Waals surface area contributed by atoms with Crippen LogP contribution in [0.15, 0.2) is 18.2 Å². The molecule has 0 atom stereocenters. The first kappa shape index (κ1) is 23.3. The van der Waals surface area contributed by atoms with Crippen molar-refractivity contribution < 1.29 is 22.7 Å². The van der Waals surface area contributed by atoms with Crippen molar-refractivity contribution in [3.05, 3.63) is 28.8 Å². The molecule has 1 heterocycles. The highest BCUT2D eigenvalue weighted by Gasteiger charge is 2.47. The van der Waals surface area contributed by atoms with Crippen LogP contribution in [0.4, 0.5) is 4.79 Å². The number of unbranched alkanes of at least 4 members (excludes halogenated alkanes) is 2. The number of urea groups is 1. The van der Waals surface area contributed by atoms with Gasteiger partial charge in [-0.05, 0) is 62.1 Å². The Labute approximate surface area is 194 Å². The number of ether oxygens (including phenoxy) is 1. The van der Waals surface area contributed by atoms with Crippen LogP contribution < -0.4 is 14.8 Å². The molecule has 10 heteroatoms. The molecule has 2 aliphatic carbocycles. The van der Waals surface area contributed by atoms with Crippen LogP contribution in [0.25, 0.3) is 0 Å². The minimum Gasteiger partial charge on any atom is -0.492 e. The summed E-state index contributed by atoms with van der Waals surface area (Å²) in [5.41, 5.74) is 0.321. The lowest BCUT2D eigenvalue weighted by atomic mass is 10.1. The molecule has 0 bridgehead atoms. The molecule has 0 unspecified atom stereocenters. The molecule has 0 radical (unpaired) electrons. The number of sulfonamides is 1. The third-order valence-electron chi connectivity index (χ3n) is 6.24. The van der Waals surface area contributed by atoms with E-state index < -0.39 is 15.6 Å². The van der Waals surface area contributed by atoms with Crippen molar-refractivity contribution in [1.82, 2.24) is 14.9 Å². The molecule has 3 aliphatic rings. The largest absolute Gasteiger partial charge is 0.492 e. The molecule has 1 aromatic carbocycles. The second kappa shape index (κ2) is 9.57. The number of benzene rings is 1. The highest BCUT2D eigenvalue weighted by molar-refractivity contribution is 7.89. The number of carbonyl (C=O) groups excluding carboxylic acids is 2. The molecule has 0 aromatic heterocycles. The average Bonchev–Trinajstić information content (AvgIpc) is 3.65. The van der Waals surface area contributed by atoms with Crippen molar-refractivity contribution in [2.24, 2.45) is 5.92 Å². The number of nitrogens with zero attached hydrogens (tertiary/aromatic N) is 1. The molecule has 2 saturated carbocycles. The van der Waals surface area contributed by atoms with Gasteiger partial charge < -0.3 is 9.64 Å². The van der Waals surface area contributed by atoms with Gasteiger partial charge in [0.15, 0.2) is 0 Å². The second-order valence-electron chi connectivity index (χ2n) is 9.05. The van der Waals surface area contributed by atoms with Gasteiger partial charge in [0.1, 0.15) is 5.75 Å². The summed E-state index contributed by atoms with van der Waals surface area (Å²) in [6.07, 6.45) is 6.07. The molecule has 3 amide bonds. The Morgan fingerprint density at radius 3 is 2.66 bits per heavy atom. The zero-order valence-electron chi connectivity index (χ0n) is 18.1. The van der Waals surface area contributed by atoms with E-state index in [1.807, 2.05) is 12.1 Å². The number of nitrogens with one attached hydrogen (secondary N) is 2. The quantitative estimate of drug-likeness (QED) is 0.444. The zero-order chi connectivity index (χ0) is 22.8. The number of hydrogen-bond donors (Lipinski definition) is 2. The van der Waals surface area contributed by atoms with Gasteiger partial charge >= 0.3 is 6.03 Å². The summed E-state index contributed by atoms with van der Waals surface area (Å²) in [7, 11) is -3.45. The van der Waals surface area contributed by atoms with E-state index in [1.165, 1.54) is 12.8 Å². The smallest absolute Gasteiger partial charge is 0.324 e. The van der Waals surface area contributed by atoms with E-state index in [0.717, 1.165) is 18.4 Å². The fourth-order valence-corrected chi connectivity index (χ4v) is 5.69. The molecule has 1 aromatic rings. The SMILES string of the molecule is O=C1CCN(CCCCCS(=O)(=O)NC2(c3ccc(Cl)c(OCC4CC4)c3)CC2)C(=O)N1. The van der Waals surface area contributed by atoms with Crippen LogP contribution in [0.3, 0.4) is 0 Å². The molecule has 8 nitrogen and oxygen atoms in total. The minimum atomic E-state index is -3.45. The lowest BCUT2D eigenvalue weighted by Gasteiger charge is -2.26. The van der Waals surface area contributed by atoms with Crippen LogP contribution in [0, 0.1) is 5.92 Å². The molecule has 32 heavy (non-hydrogen) atoms. The maximum absolute atomic E-state index is 12.7. The summed E-state index contributed by atoms with van der Waals surface area (Å²) in [6, 6.07) is 5.15. The standard InChI is InChI=1S/C22H30ClN3O5S/c23-18-7-6-17(14-19(18)31-15-16-4-5-16)22(9-10-22)25-32(29,30)13-3-1-2-11-26-12-8-20(27)24-21(26)28/h6-7,14,16,25H,1-5,8-13,15H2,(H,24,27,28). The Hall–Kier alpha value is -1.84. The fourth-order valence-electron chi connectivity index (χ4n) is 3.91. The van der Waals surface area contributed by atoms with E-state index in [0.29, 0.717) is 62.1 Å². The first-order chi connectivity index (χ1) is 15.3. The molecule has 0 spiro atoms. The van der Waals surface area contributed by atoms with Gasteiger partial charge in [-0.3, -0.25) is 10.1 Å². The van der Waals surface area contributed by atoms with Crippen molar-refractivity contribution in [3.63, 3.8) is 0 Å². The third kappa shape index (κ3) is 6.14. The number of amides is 3. The van der Waals surface area contributed by atoms with Crippen molar-refractivity contribution in [2.45, 2.75) is 56.9 Å². The number of rotatable bonds is 12. The zero-order valence-corrected chi connectivity index (χ0v) is 19.6. The number of hydrogen-bond acceptors (Lipinski definition) is 5. The van der Waals surface area contributed by atoms with Crippen LogP contribution in [0.2, 0.25) is 5.02 Å². The van der Waals surface area contributed by atoms with Gasteiger partial charge in [-0.2, -0.15) is 0 Å². The van der Waals surface area contributed by atoms with Gasteiger partial charge in [0.2, 0.25) is 15.9 Å². The summed E-state index contributed by atoms with van der Waals surface area (Å²) < 4.78 is 34.2. The van der Waals surface area contributed by atoms with Crippen LogP contribution in [-0.2, 0) is 20.4 Å². The van der Waals surface area contributed by atoms with Gasteiger partial charge in [0, 0.05) is 19.5 Å². The van der Waals surface area contributed by atoms with Crippen molar-refractivity contribution in [2.75, 3.05) is 25.4 Å². The molecule has 1 saturated heterocycles. The van der Waals surface area contributed by atoms with E-state index in [1.54, 1.807) is 11.0 Å². The Morgan fingerprint density at radius 1 is 1.19 bits per heavy atom. The Balaban J connectivity index is 1.24. The van der Waals surface area contributed by atoms with Gasteiger partial charge in [-0.1, -0.05) is 24.1 Å². The summed E-state index contributed by atoms with van der Waals surface area (Å²) in [4.78, 5) is 24.5. The van der Waals surface area contributed by atoms with Crippen molar-refractivity contribution in [1.29, 1.82) is 0 Å². The summed E-state index contributed by atoms with van der Waals surface area (Å²) >= 11 is 6.27. The topological polar surface area (TPSA) is 105 Å². The number of imide groups is 1. The van der Waals surface area contributed by atoms with Gasteiger partial charge in [0.25, 0.3) is 0 Å². The first-order valence-electron chi connectivity index (χ1n) is 11.3. The Kier molecular flexibility index (Phi) is 6.97. The van der Waals surface area contributed by atoms with E-state index >= 15 is 0 Å². The molecule has 176 valence electrons. The Morgan fingerprint density at radius 2 is 1.97 bits per heavy atom. The molecular weight excluding hydrogens is 454 g/mol. The minimum absolute atomic E-state index is 0.0397. The van der Waals surface area contributed by atoms with Gasteiger partial charge in [0.05, 0.1) is 22.9 Å². The lowest BCUT2D eigenvalue weighted by Crippen LogP contribution is -2.49. The van der Waals surface area contributed by atoms with E-state index in [9.17, 15) is 18.0 Å². The molecule has 3 fully saturated rings. The van der Waals surface area contributed by atoms with Gasteiger partial charge in [-0.15, -0.1) is 0 Å². The first-order valence-corrected chi connectivity index (χ1v) is 13.3. The Bertz CT molecular complexity index is 976. The third-order valence-corrected chi connectivity index (χ3v) is 8.08. The molecule has 2 N–H and O–H groups in total. The summed E-state index contributed by atoms with van der Waals surface area (Å²) in [5, 5.41) is 2.83. The average molecular weight is 484 g/mol. The predicted octanol–water partition coefficient (Wildman–Crippen LogP) is 3.15. The van der Waals surface area contributed by atoms with E-state index in [-0.39, 0.29) is 17.7 Å². The van der Waals surface area contributed by atoms with Gasteiger partial charge in [-0.25, -0.2) is 17.9 Å². The normalized spacial score (nSPS) is 20.2. The molecule has 4 rings (SSSR count). The van der Waals surface area contributed by atoms with E-state index in [2.05, 4.69) is 10.0 Å². The van der Waals surface area contributed by atoms with Crippen LogP contribution >= 0.6 is 11.6 Å². The van der Waals surface area contributed by atoms with Crippen LogP contribution in [0.5, 0.6) is 5.75 Å². The number of halogens is 1. The fraction of sp³-hybridized carbons (Fsp3) is 0.636. The van der Waals surface area contributed by atoms with Crippen LogP contribution in [-0.4, -0.2) is 50.7 Å². The summed E-state index contributed by atoms with van der Waals surface area (Å²) in [5.74, 6) is 1.01.